The van der Waals surface area contributed by atoms with Gasteiger partial charge in [0.05, 0.1) is 6.42 Å². The van der Waals surface area contributed by atoms with Crippen LogP contribution in [-0.4, -0.2) is 15.9 Å². The van der Waals surface area contributed by atoms with E-state index in [-0.39, 0.29) is 12.2 Å². The summed E-state index contributed by atoms with van der Waals surface area (Å²) >= 11 is 0. The third kappa shape index (κ3) is 2.16. The van der Waals surface area contributed by atoms with E-state index >= 15 is 0 Å². The van der Waals surface area contributed by atoms with Gasteiger partial charge in [-0.1, -0.05) is 23.4 Å². The molecule has 4 nitrogen and oxygen atoms in total. The zero-order valence-corrected chi connectivity index (χ0v) is 9.23. The van der Waals surface area contributed by atoms with Gasteiger partial charge in [0.15, 0.2) is 5.82 Å². The maximum absolute atomic E-state index is 10.9. The van der Waals surface area contributed by atoms with E-state index in [2.05, 4.69) is 10.1 Å². The fourth-order valence-corrected chi connectivity index (χ4v) is 1.47. The Balaban J connectivity index is 2.32. The molecule has 82 valence electrons. The van der Waals surface area contributed by atoms with Crippen LogP contribution in [0.2, 0.25) is 0 Å². The average molecular weight is 216 g/mol. The second-order valence-electron chi connectivity index (χ2n) is 3.71. The number of aromatic nitrogens is 2. The van der Waals surface area contributed by atoms with Crippen LogP contribution in [0.3, 0.4) is 0 Å². The number of carbonyl (C=O) groups is 1. The predicted molar refractivity (Wildman–Crippen MR) is 58.9 cm³/mol. The highest BCUT2D eigenvalue weighted by Gasteiger charge is 2.11. The van der Waals surface area contributed by atoms with Gasteiger partial charge in [0.1, 0.15) is 5.78 Å². The molecule has 0 bridgehead atoms. The quantitative estimate of drug-likeness (QED) is 0.789. The maximum Gasteiger partial charge on any atom is 0.258 e. The normalized spacial score (nSPS) is 10.4. The summed E-state index contributed by atoms with van der Waals surface area (Å²) in [4.78, 5) is 15.1. The topological polar surface area (TPSA) is 56.0 Å². The second kappa shape index (κ2) is 4.26. The molecule has 1 aromatic carbocycles. The van der Waals surface area contributed by atoms with Crippen molar-refractivity contribution in [2.24, 2.45) is 0 Å². The van der Waals surface area contributed by atoms with E-state index in [9.17, 15) is 4.79 Å². The van der Waals surface area contributed by atoms with Gasteiger partial charge in [0, 0.05) is 5.56 Å². The van der Waals surface area contributed by atoms with Crippen LogP contribution in [0.15, 0.2) is 28.8 Å². The molecule has 0 amide bonds. The molecule has 4 heteroatoms. The first-order valence-electron chi connectivity index (χ1n) is 5.05. The Morgan fingerprint density at radius 2 is 2.12 bits per heavy atom. The molecule has 16 heavy (non-hydrogen) atoms. The standard InChI is InChI=1S/C12H12N2O2/c1-8-5-3-4-6-10(8)12-13-11(14-16-12)7-9(2)15/h3-6H,7H2,1-2H3. The molecule has 1 aromatic heterocycles. The molecule has 0 saturated carbocycles. The van der Waals surface area contributed by atoms with Crippen LogP contribution in [0.1, 0.15) is 18.3 Å². The van der Waals surface area contributed by atoms with E-state index in [0.29, 0.717) is 11.7 Å². The lowest BCUT2D eigenvalue weighted by Crippen LogP contribution is -1.97. The molecule has 0 unspecified atom stereocenters. The van der Waals surface area contributed by atoms with E-state index in [1.54, 1.807) is 0 Å². The number of benzene rings is 1. The third-order valence-electron chi connectivity index (χ3n) is 2.25. The first kappa shape index (κ1) is 10.5. The van der Waals surface area contributed by atoms with Gasteiger partial charge in [-0.15, -0.1) is 0 Å². The van der Waals surface area contributed by atoms with Crippen LogP contribution < -0.4 is 0 Å². The highest BCUT2D eigenvalue weighted by Crippen LogP contribution is 2.20. The molecule has 1 heterocycles. The largest absolute Gasteiger partial charge is 0.334 e. The number of nitrogens with zero attached hydrogens (tertiary/aromatic N) is 2. The summed E-state index contributed by atoms with van der Waals surface area (Å²) in [5.41, 5.74) is 1.98. The molecule has 0 aliphatic rings. The van der Waals surface area contributed by atoms with Gasteiger partial charge in [0.2, 0.25) is 0 Å². The highest BCUT2D eigenvalue weighted by molar-refractivity contribution is 5.77. The summed E-state index contributed by atoms with van der Waals surface area (Å²) in [6.45, 7) is 3.48. The highest BCUT2D eigenvalue weighted by atomic mass is 16.5. The summed E-state index contributed by atoms with van der Waals surface area (Å²) in [7, 11) is 0. The monoisotopic (exact) mass is 216 g/mol. The van der Waals surface area contributed by atoms with Crippen LogP contribution in [0, 0.1) is 6.92 Å². The molecule has 0 aliphatic heterocycles. The fraction of sp³-hybridized carbons (Fsp3) is 0.250. The molecule has 2 rings (SSSR count). The SMILES string of the molecule is CC(=O)Cc1noc(-c2ccccc2C)n1. The van der Waals surface area contributed by atoms with E-state index < -0.39 is 0 Å². The molecule has 0 atom stereocenters. The summed E-state index contributed by atoms with van der Waals surface area (Å²) < 4.78 is 5.12. The average Bonchev–Trinajstić information content (AvgIpc) is 2.66. The van der Waals surface area contributed by atoms with E-state index in [4.69, 9.17) is 4.52 Å². The number of Topliss-reactive ketones (excluding diaryl/α,β-unsaturated/α-hetero) is 1. The van der Waals surface area contributed by atoms with Gasteiger partial charge in [-0.25, -0.2) is 0 Å². The lowest BCUT2D eigenvalue weighted by molar-refractivity contribution is -0.116. The van der Waals surface area contributed by atoms with E-state index in [1.165, 1.54) is 6.92 Å². The second-order valence-corrected chi connectivity index (χ2v) is 3.71. The van der Waals surface area contributed by atoms with Crippen molar-refractivity contribution >= 4 is 5.78 Å². The Labute approximate surface area is 93.3 Å². The van der Waals surface area contributed by atoms with Crippen molar-refractivity contribution in [3.8, 4) is 11.5 Å². The maximum atomic E-state index is 10.9. The molecule has 0 fully saturated rings. The van der Waals surface area contributed by atoms with Crippen molar-refractivity contribution in [2.75, 3.05) is 0 Å². The predicted octanol–water partition coefficient (Wildman–Crippen LogP) is 2.18. The molecular weight excluding hydrogens is 204 g/mol. The Bertz CT molecular complexity index is 517. The van der Waals surface area contributed by atoms with Crippen molar-refractivity contribution in [2.45, 2.75) is 20.3 Å². The first-order valence-corrected chi connectivity index (χ1v) is 5.05. The van der Waals surface area contributed by atoms with Crippen molar-refractivity contribution in [3.63, 3.8) is 0 Å². The van der Waals surface area contributed by atoms with E-state index in [0.717, 1.165) is 11.1 Å². The van der Waals surface area contributed by atoms with Crippen LogP contribution in [0.5, 0.6) is 0 Å². The van der Waals surface area contributed by atoms with Gasteiger partial charge >= 0.3 is 0 Å². The van der Waals surface area contributed by atoms with Crippen LogP contribution >= 0.6 is 0 Å². The summed E-state index contributed by atoms with van der Waals surface area (Å²) in [6, 6.07) is 7.76. The molecule has 2 aromatic rings. The summed E-state index contributed by atoms with van der Waals surface area (Å²) in [6.07, 6.45) is 0.218. The van der Waals surface area contributed by atoms with Crippen molar-refractivity contribution in [3.05, 3.63) is 35.7 Å². The van der Waals surface area contributed by atoms with Gasteiger partial charge in [0.25, 0.3) is 5.89 Å². The van der Waals surface area contributed by atoms with Gasteiger partial charge in [-0.2, -0.15) is 4.98 Å². The first-order chi connectivity index (χ1) is 7.66. The lowest BCUT2D eigenvalue weighted by Gasteiger charge is -1.97. The number of aryl methyl sites for hydroxylation is 1. The molecule has 0 radical (unpaired) electrons. The molecule has 0 spiro atoms. The van der Waals surface area contributed by atoms with Crippen LogP contribution in [0.25, 0.3) is 11.5 Å². The van der Waals surface area contributed by atoms with Gasteiger partial charge in [-0.3, -0.25) is 4.79 Å². The molecule has 0 aliphatic carbocycles. The van der Waals surface area contributed by atoms with Crippen molar-refractivity contribution in [1.29, 1.82) is 0 Å². The number of hydrogen-bond donors (Lipinski definition) is 0. The molecular formula is C12H12N2O2. The fourth-order valence-electron chi connectivity index (χ4n) is 1.47. The Hall–Kier alpha value is -1.97. The minimum absolute atomic E-state index is 0.0251. The van der Waals surface area contributed by atoms with Crippen LogP contribution in [0.4, 0.5) is 0 Å². The van der Waals surface area contributed by atoms with Crippen molar-refractivity contribution in [1.82, 2.24) is 10.1 Å². The summed E-state index contributed by atoms with van der Waals surface area (Å²) in [5, 5.41) is 3.77. The van der Waals surface area contributed by atoms with E-state index in [1.807, 2.05) is 31.2 Å². The van der Waals surface area contributed by atoms with Crippen LogP contribution in [-0.2, 0) is 11.2 Å². The Morgan fingerprint density at radius 3 is 2.81 bits per heavy atom. The number of ketones is 1. The Morgan fingerprint density at radius 1 is 1.38 bits per heavy atom. The Kier molecular flexibility index (Phi) is 2.81. The lowest BCUT2D eigenvalue weighted by atomic mass is 10.1. The summed E-state index contributed by atoms with van der Waals surface area (Å²) in [5.74, 6) is 0.928. The number of rotatable bonds is 3. The number of hydrogen-bond acceptors (Lipinski definition) is 4. The zero-order valence-electron chi connectivity index (χ0n) is 9.23. The smallest absolute Gasteiger partial charge is 0.258 e. The third-order valence-corrected chi connectivity index (χ3v) is 2.25. The molecule has 0 saturated heterocycles. The zero-order chi connectivity index (χ0) is 11.5. The van der Waals surface area contributed by atoms with Gasteiger partial charge < -0.3 is 4.52 Å². The minimum atomic E-state index is 0.0251. The van der Waals surface area contributed by atoms with Gasteiger partial charge in [-0.05, 0) is 25.5 Å². The number of carbonyl (C=O) groups excluding carboxylic acids is 1. The molecule has 0 N–H and O–H groups in total. The van der Waals surface area contributed by atoms with Crippen molar-refractivity contribution < 1.29 is 9.32 Å². The minimum Gasteiger partial charge on any atom is -0.334 e.